The van der Waals surface area contributed by atoms with Gasteiger partial charge in [0.2, 0.25) is 0 Å². The quantitative estimate of drug-likeness (QED) is 0.858. The Labute approximate surface area is 114 Å². The first-order valence-electron chi connectivity index (χ1n) is 6.45. The number of methoxy groups -OCH3 is 1. The van der Waals surface area contributed by atoms with Crippen molar-refractivity contribution in [3.63, 3.8) is 0 Å². The number of carbonyl (C=O) groups is 1. The number of ether oxygens (including phenoxy) is 1. The summed E-state index contributed by atoms with van der Waals surface area (Å²) in [6.07, 6.45) is 0.670. The molecule has 4 nitrogen and oxygen atoms in total. The molecule has 0 saturated carbocycles. The van der Waals surface area contributed by atoms with Crippen molar-refractivity contribution in [2.75, 3.05) is 13.7 Å². The number of carbonyl (C=O) groups excluding carboxylic acids is 1. The van der Waals surface area contributed by atoms with Crippen molar-refractivity contribution in [1.82, 2.24) is 5.32 Å². The second-order valence-electron chi connectivity index (χ2n) is 5.17. The van der Waals surface area contributed by atoms with Gasteiger partial charge in [0.25, 0.3) is 5.91 Å². The van der Waals surface area contributed by atoms with Crippen LogP contribution in [0.3, 0.4) is 0 Å². The Kier molecular flexibility index (Phi) is 4.95. The van der Waals surface area contributed by atoms with Crippen molar-refractivity contribution in [2.24, 2.45) is 0 Å². The Balaban J connectivity index is 3.02. The van der Waals surface area contributed by atoms with Crippen LogP contribution in [0, 0.1) is 13.8 Å². The Morgan fingerprint density at radius 3 is 2.26 bits per heavy atom. The number of rotatable bonds is 5. The molecule has 1 aromatic carbocycles. The number of aryl methyl sites for hydroxylation is 2. The Hall–Kier alpha value is -1.55. The molecule has 2 N–H and O–H groups in total. The molecule has 0 fully saturated rings. The monoisotopic (exact) mass is 265 g/mol. The summed E-state index contributed by atoms with van der Waals surface area (Å²) in [4.78, 5) is 12.2. The van der Waals surface area contributed by atoms with E-state index in [1.54, 1.807) is 19.2 Å². The molecule has 0 saturated heterocycles. The van der Waals surface area contributed by atoms with E-state index in [4.69, 9.17) is 4.74 Å². The first-order chi connectivity index (χ1) is 8.86. The largest absolute Gasteiger partial charge is 0.496 e. The minimum absolute atomic E-state index is 0.0800. The van der Waals surface area contributed by atoms with E-state index in [9.17, 15) is 9.90 Å². The predicted molar refractivity (Wildman–Crippen MR) is 75.7 cm³/mol. The summed E-state index contributed by atoms with van der Waals surface area (Å²) in [6, 6.07) is 3.60. The Morgan fingerprint density at radius 2 is 1.89 bits per heavy atom. The first-order valence-corrected chi connectivity index (χ1v) is 6.45. The molecular formula is C15H23NO3. The number of nitrogens with one attached hydrogen (secondary N) is 1. The van der Waals surface area contributed by atoms with Crippen LogP contribution < -0.4 is 10.1 Å². The molecule has 0 aromatic heterocycles. The lowest BCUT2D eigenvalue weighted by molar-refractivity contribution is 0.0847. The van der Waals surface area contributed by atoms with Crippen LogP contribution in [-0.2, 0) is 0 Å². The van der Waals surface area contributed by atoms with Gasteiger partial charge in [0, 0.05) is 5.56 Å². The molecule has 0 aliphatic rings. The van der Waals surface area contributed by atoms with Crippen LogP contribution in [-0.4, -0.2) is 30.3 Å². The molecule has 1 atom stereocenters. The van der Waals surface area contributed by atoms with Gasteiger partial charge in [-0.3, -0.25) is 4.79 Å². The number of amides is 1. The topological polar surface area (TPSA) is 58.6 Å². The zero-order valence-electron chi connectivity index (χ0n) is 12.3. The lowest BCUT2D eigenvalue weighted by atomic mass is 9.98. The Bertz CT molecular complexity index is 441. The minimum atomic E-state index is -0.585. The summed E-state index contributed by atoms with van der Waals surface area (Å²) in [5, 5.41) is 12.2. The number of aliphatic hydroxyl groups excluding tert-OH is 1. The van der Waals surface area contributed by atoms with E-state index in [1.807, 2.05) is 27.7 Å². The number of aliphatic hydroxyl groups is 1. The molecule has 0 aliphatic carbocycles. The summed E-state index contributed by atoms with van der Waals surface area (Å²) in [5.74, 6) is 0.629. The van der Waals surface area contributed by atoms with E-state index in [2.05, 4.69) is 5.32 Å². The Morgan fingerprint density at radius 1 is 1.37 bits per heavy atom. The second kappa shape index (κ2) is 6.06. The van der Waals surface area contributed by atoms with Crippen molar-refractivity contribution in [2.45, 2.75) is 39.7 Å². The molecule has 0 bridgehead atoms. The maximum Gasteiger partial charge on any atom is 0.251 e. The second-order valence-corrected chi connectivity index (χ2v) is 5.17. The highest BCUT2D eigenvalue weighted by atomic mass is 16.5. The minimum Gasteiger partial charge on any atom is -0.496 e. The molecule has 0 unspecified atom stereocenters. The van der Waals surface area contributed by atoms with Gasteiger partial charge in [-0.05, 0) is 50.5 Å². The molecule has 106 valence electrons. The van der Waals surface area contributed by atoms with E-state index in [1.165, 1.54) is 0 Å². The maximum absolute atomic E-state index is 12.2. The molecule has 4 heteroatoms. The molecule has 1 aromatic rings. The highest BCUT2D eigenvalue weighted by molar-refractivity contribution is 5.95. The van der Waals surface area contributed by atoms with Crippen molar-refractivity contribution >= 4 is 5.91 Å². The number of hydrogen-bond acceptors (Lipinski definition) is 3. The number of hydrogen-bond donors (Lipinski definition) is 2. The third kappa shape index (κ3) is 3.47. The van der Waals surface area contributed by atoms with Gasteiger partial charge < -0.3 is 15.2 Å². The molecule has 0 spiro atoms. The maximum atomic E-state index is 12.2. The lowest BCUT2D eigenvalue weighted by Gasteiger charge is -2.27. The fraction of sp³-hybridized carbons (Fsp3) is 0.533. The van der Waals surface area contributed by atoms with Gasteiger partial charge in [-0.1, -0.05) is 6.92 Å². The standard InChI is InChI=1S/C15H23NO3/c1-6-15(4,9-17)16-14(18)12-7-10(2)13(19-5)11(3)8-12/h7-8,17H,6,9H2,1-5H3,(H,16,18)/t15-/m1/s1. The van der Waals surface area contributed by atoms with E-state index in [0.29, 0.717) is 12.0 Å². The van der Waals surface area contributed by atoms with Gasteiger partial charge in [0.15, 0.2) is 0 Å². The molecule has 0 heterocycles. The number of benzene rings is 1. The molecule has 1 amide bonds. The van der Waals surface area contributed by atoms with Crippen LogP contribution in [0.2, 0.25) is 0 Å². The van der Waals surface area contributed by atoms with Gasteiger partial charge in [0.05, 0.1) is 19.3 Å². The van der Waals surface area contributed by atoms with Crippen LogP contribution in [0.25, 0.3) is 0 Å². The van der Waals surface area contributed by atoms with Crippen molar-refractivity contribution in [3.8, 4) is 5.75 Å². The fourth-order valence-corrected chi connectivity index (χ4v) is 1.99. The van der Waals surface area contributed by atoms with E-state index < -0.39 is 5.54 Å². The lowest BCUT2D eigenvalue weighted by Crippen LogP contribution is -2.48. The molecular weight excluding hydrogens is 242 g/mol. The summed E-state index contributed by atoms with van der Waals surface area (Å²) >= 11 is 0. The van der Waals surface area contributed by atoms with Crippen LogP contribution >= 0.6 is 0 Å². The first kappa shape index (κ1) is 15.5. The smallest absolute Gasteiger partial charge is 0.251 e. The van der Waals surface area contributed by atoms with Crippen molar-refractivity contribution < 1.29 is 14.6 Å². The normalized spacial score (nSPS) is 13.8. The van der Waals surface area contributed by atoms with E-state index in [0.717, 1.165) is 16.9 Å². The van der Waals surface area contributed by atoms with E-state index >= 15 is 0 Å². The fourth-order valence-electron chi connectivity index (χ4n) is 1.99. The zero-order chi connectivity index (χ0) is 14.6. The van der Waals surface area contributed by atoms with Gasteiger partial charge in [-0.25, -0.2) is 0 Å². The van der Waals surface area contributed by atoms with Crippen molar-refractivity contribution in [3.05, 3.63) is 28.8 Å². The van der Waals surface area contributed by atoms with Gasteiger partial charge in [-0.15, -0.1) is 0 Å². The van der Waals surface area contributed by atoms with Crippen LogP contribution in [0.4, 0.5) is 0 Å². The SMILES string of the molecule is CC[C@](C)(CO)NC(=O)c1cc(C)c(OC)c(C)c1. The zero-order valence-corrected chi connectivity index (χ0v) is 12.3. The highest BCUT2D eigenvalue weighted by Crippen LogP contribution is 2.24. The molecule has 19 heavy (non-hydrogen) atoms. The van der Waals surface area contributed by atoms with Crippen LogP contribution in [0.5, 0.6) is 5.75 Å². The summed E-state index contributed by atoms with van der Waals surface area (Å²) < 4.78 is 5.28. The molecule has 0 radical (unpaired) electrons. The molecule has 1 rings (SSSR count). The summed E-state index contributed by atoms with van der Waals surface area (Å²) in [6.45, 7) is 7.50. The highest BCUT2D eigenvalue weighted by Gasteiger charge is 2.24. The van der Waals surface area contributed by atoms with Crippen molar-refractivity contribution in [1.29, 1.82) is 0 Å². The van der Waals surface area contributed by atoms with Gasteiger partial charge in [0.1, 0.15) is 5.75 Å². The summed E-state index contributed by atoms with van der Waals surface area (Å²) in [5.41, 5.74) is 1.85. The molecule has 0 aliphatic heterocycles. The average Bonchev–Trinajstić information content (AvgIpc) is 2.38. The third-order valence-electron chi connectivity index (χ3n) is 3.47. The third-order valence-corrected chi connectivity index (χ3v) is 3.47. The van der Waals surface area contributed by atoms with Gasteiger partial charge >= 0.3 is 0 Å². The average molecular weight is 265 g/mol. The van der Waals surface area contributed by atoms with Crippen LogP contribution in [0.1, 0.15) is 41.8 Å². The van der Waals surface area contributed by atoms with E-state index in [-0.39, 0.29) is 12.5 Å². The van der Waals surface area contributed by atoms with Gasteiger partial charge in [-0.2, -0.15) is 0 Å². The summed E-state index contributed by atoms with van der Waals surface area (Å²) in [7, 11) is 1.62. The van der Waals surface area contributed by atoms with Crippen LogP contribution in [0.15, 0.2) is 12.1 Å². The predicted octanol–water partition coefficient (Wildman–Crippen LogP) is 2.20.